The van der Waals surface area contributed by atoms with Crippen LogP contribution in [0.15, 0.2) is 60.8 Å². The van der Waals surface area contributed by atoms with Crippen molar-refractivity contribution in [3.63, 3.8) is 0 Å². The molecule has 0 spiro atoms. The highest BCUT2D eigenvalue weighted by Gasteiger charge is 2.23. The van der Waals surface area contributed by atoms with Crippen LogP contribution in [0.4, 0.5) is 0 Å². The average molecular weight is 835 g/mol. The van der Waals surface area contributed by atoms with Gasteiger partial charge in [0.05, 0.1) is 39.9 Å². The molecule has 1 amide bonds. The molecule has 0 radical (unpaired) electrons. The summed E-state index contributed by atoms with van der Waals surface area (Å²) in [5.74, 6) is -0.215. The van der Waals surface area contributed by atoms with Crippen LogP contribution in [0.1, 0.15) is 194 Å². The molecule has 3 unspecified atom stereocenters. The molecule has 0 heterocycles. The number of amides is 1. The Bertz CT molecular complexity index is 1130. The van der Waals surface area contributed by atoms with Crippen LogP contribution in [0.25, 0.3) is 0 Å². The molecule has 338 valence electrons. The zero-order valence-electron chi connectivity index (χ0n) is 38.2. The minimum Gasteiger partial charge on any atom is -0.756 e. The minimum atomic E-state index is -4.59. The summed E-state index contributed by atoms with van der Waals surface area (Å²) in [6, 6.07) is -0.902. The molecule has 2 N–H and O–H groups in total. The monoisotopic (exact) mass is 835 g/mol. The van der Waals surface area contributed by atoms with Gasteiger partial charge in [0, 0.05) is 6.42 Å². The molecule has 9 heteroatoms. The summed E-state index contributed by atoms with van der Waals surface area (Å²) in [4.78, 5) is 25.2. The fourth-order valence-corrected chi connectivity index (χ4v) is 7.14. The van der Waals surface area contributed by atoms with Crippen LogP contribution >= 0.6 is 7.82 Å². The lowest BCUT2D eigenvalue weighted by atomic mass is 10.0. The second-order valence-corrected chi connectivity index (χ2v) is 18.5. The molecule has 0 aliphatic rings. The molecular formula is C49H91N2O6P. The number of rotatable bonds is 42. The fourth-order valence-electron chi connectivity index (χ4n) is 6.42. The molecule has 0 fully saturated rings. The van der Waals surface area contributed by atoms with Crippen LogP contribution in [-0.4, -0.2) is 68.5 Å². The Balaban J connectivity index is 4.02. The zero-order valence-corrected chi connectivity index (χ0v) is 39.1. The normalized spacial score (nSPS) is 14.8. The number of aliphatic hydroxyl groups excluding tert-OH is 1. The van der Waals surface area contributed by atoms with E-state index in [1.165, 1.54) is 116 Å². The molecule has 8 nitrogen and oxygen atoms in total. The number of phosphoric ester groups is 1. The molecule has 0 saturated heterocycles. The Morgan fingerprint density at radius 3 is 1.57 bits per heavy atom. The second kappa shape index (κ2) is 40.6. The fraction of sp³-hybridized carbons (Fsp3) is 0.776. The van der Waals surface area contributed by atoms with Gasteiger partial charge in [-0.1, -0.05) is 184 Å². The molecule has 0 aromatic rings. The first kappa shape index (κ1) is 56.2. The summed E-state index contributed by atoms with van der Waals surface area (Å²) in [7, 11) is 1.23. The van der Waals surface area contributed by atoms with Crippen molar-refractivity contribution in [3.05, 3.63) is 60.8 Å². The number of hydrogen-bond acceptors (Lipinski definition) is 6. The van der Waals surface area contributed by atoms with Gasteiger partial charge in [-0.2, -0.15) is 0 Å². The number of aliphatic hydroxyl groups is 1. The lowest BCUT2D eigenvalue weighted by Gasteiger charge is -2.29. The van der Waals surface area contributed by atoms with Crippen LogP contribution < -0.4 is 10.2 Å². The van der Waals surface area contributed by atoms with E-state index in [-0.39, 0.29) is 12.5 Å². The number of carbonyl (C=O) groups excluding carboxylic acids is 1. The molecule has 0 aromatic heterocycles. The van der Waals surface area contributed by atoms with Gasteiger partial charge < -0.3 is 28.8 Å². The van der Waals surface area contributed by atoms with Gasteiger partial charge in [-0.25, -0.2) is 0 Å². The highest BCUT2D eigenvalue weighted by molar-refractivity contribution is 7.45. The van der Waals surface area contributed by atoms with Crippen LogP contribution in [0, 0.1) is 0 Å². The van der Waals surface area contributed by atoms with E-state index < -0.39 is 26.6 Å². The highest BCUT2D eigenvalue weighted by atomic mass is 31.2. The van der Waals surface area contributed by atoms with Crippen molar-refractivity contribution in [3.8, 4) is 0 Å². The Hall–Kier alpha value is -1.80. The van der Waals surface area contributed by atoms with Crippen molar-refractivity contribution in [1.82, 2.24) is 5.32 Å². The van der Waals surface area contributed by atoms with Gasteiger partial charge in [0.2, 0.25) is 5.91 Å². The van der Waals surface area contributed by atoms with Crippen LogP contribution in [-0.2, 0) is 18.4 Å². The molecule has 0 saturated carbocycles. The lowest BCUT2D eigenvalue weighted by Crippen LogP contribution is -2.45. The predicted molar refractivity (Wildman–Crippen MR) is 247 cm³/mol. The number of phosphoric acid groups is 1. The Kier molecular flexibility index (Phi) is 39.3. The number of unbranched alkanes of at least 4 members (excludes halogenated alkanes) is 21. The van der Waals surface area contributed by atoms with Crippen molar-refractivity contribution < 1.29 is 32.9 Å². The first-order chi connectivity index (χ1) is 28.0. The zero-order chi connectivity index (χ0) is 42.8. The topological polar surface area (TPSA) is 108 Å². The molecule has 0 rings (SSSR count). The number of nitrogens with zero attached hydrogens (tertiary/aromatic N) is 1. The predicted octanol–water partition coefficient (Wildman–Crippen LogP) is 12.8. The van der Waals surface area contributed by atoms with Gasteiger partial charge >= 0.3 is 0 Å². The van der Waals surface area contributed by atoms with E-state index in [2.05, 4.69) is 67.8 Å². The van der Waals surface area contributed by atoms with Gasteiger partial charge in [0.15, 0.2) is 0 Å². The SMILES string of the molecule is CCC/C=C/CC/C=C/C(O)C(COP(=O)([O-])OCC[N+](C)(C)C)NC(=O)CCCCCCCCCCCCCCCC/C=C\C/C=C\C/C=C\CCCCCCC. The first-order valence-electron chi connectivity index (χ1n) is 23.7. The van der Waals surface area contributed by atoms with Crippen molar-refractivity contribution in [2.75, 3.05) is 40.9 Å². The quantitative estimate of drug-likeness (QED) is 0.0274. The highest BCUT2D eigenvalue weighted by Crippen LogP contribution is 2.38. The van der Waals surface area contributed by atoms with Crippen molar-refractivity contribution >= 4 is 13.7 Å². The maximum Gasteiger partial charge on any atom is 0.268 e. The summed E-state index contributed by atoms with van der Waals surface area (Å²) in [5.41, 5.74) is 0. The molecule has 3 atom stereocenters. The number of carbonyl (C=O) groups is 1. The second-order valence-electron chi connectivity index (χ2n) is 17.1. The number of likely N-dealkylation sites (N-methyl/N-ethyl adjacent to an activating group) is 1. The number of allylic oxidation sites excluding steroid dienone is 9. The summed E-state index contributed by atoms with van der Waals surface area (Å²) in [6.45, 7) is 4.49. The molecule has 58 heavy (non-hydrogen) atoms. The molecule has 0 aromatic carbocycles. The first-order valence-corrected chi connectivity index (χ1v) is 25.1. The van der Waals surface area contributed by atoms with E-state index in [1.807, 2.05) is 27.2 Å². The largest absolute Gasteiger partial charge is 0.756 e. The summed E-state index contributed by atoms with van der Waals surface area (Å²) >= 11 is 0. The van der Waals surface area contributed by atoms with Gasteiger partial charge in [-0.3, -0.25) is 9.36 Å². The van der Waals surface area contributed by atoms with Crippen molar-refractivity contribution in [2.45, 2.75) is 206 Å². The third kappa shape index (κ3) is 42.3. The van der Waals surface area contributed by atoms with Crippen molar-refractivity contribution in [2.24, 2.45) is 0 Å². The van der Waals surface area contributed by atoms with Crippen molar-refractivity contribution in [1.29, 1.82) is 0 Å². The van der Waals surface area contributed by atoms with E-state index in [0.29, 0.717) is 17.4 Å². The third-order valence-electron chi connectivity index (χ3n) is 10.2. The smallest absolute Gasteiger partial charge is 0.268 e. The third-order valence-corrected chi connectivity index (χ3v) is 11.1. The standard InChI is InChI=1S/C49H91N2O6P/c1-6-8-10-12-14-15-16-17-18-19-20-21-22-23-24-25-26-27-28-29-30-31-32-33-34-35-37-39-41-43-49(53)50-47(48(52)42-40-38-36-13-11-9-7-2)46-57-58(54,55)56-45-44-51(3,4)5/h11,13,16-17,19-20,22-23,40,42,47-48,52H,6-10,12,14-15,18,21,24-39,41,43-46H2,1-5H3,(H-,50,53,54,55)/b13-11+,17-16-,20-19-,23-22-,42-40+. The Labute approximate surface area is 358 Å². The average Bonchev–Trinajstić information content (AvgIpc) is 3.17. The van der Waals surface area contributed by atoms with Gasteiger partial charge in [-0.05, 0) is 64.2 Å². The Morgan fingerprint density at radius 1 is 0.603 bits per heavy atom. The Morgan fingerprint density at radius 2 is 1.05 bits per heavy atom. The number of quaternary nitrogens is 1. The molecular weight excluding hydrogens is 744 g/mol. The minimum absolute atomic E-state index is 0.00876. The van der Waals surface area contributed by atoms with Gasteiger partial charge in [-0.15, -0.1) is 0 Å². The van der Waals surface area contributed by atoms with E-state index in [9.17, 15) is 19.4 Å². The maximum atomic E-state index is 12.8. The number of hydrogen-bond donors (Lipinski definition) is 2. The van der Waals surface area contributed by atoms with E-state index in [0.717, 1.165) is 57.8 Å². The van der Waals surface area contributed by atoms with E-state index >= 15 is 0 Å². The maximum absolute atomic E-state index is 12.8. The molecule has 0 bridgehead atoms. The molecule has 0 aliphatic carbocycles. The van der Waals surface area contributed by atoms with Gasteiger partial charge in [0.1, 0.15) is 13.2 Å². The summed E-state index contributed by atoms with van der Waals surface area (Å²) < 4.78 is 23.1. The van der Waals surface area contributed by atoms with Gasteiger partial charge in [0.25, 0.3) is 7.82 Å². The van der Waals surface area contributed by atoms with E-state index in [4.69, 9.17) is 9.05 Å². The van der Waals surface area contributed by atoms with Crippen LogP contribution in [0.3, 0.4) is 0 Å². The summed E-state index contributed by atoms with van der Waals surface area (Å²) in [5, 5.41) is 13.6. The van der Waals surface area contributed by atoms with Crippen LogP contribution in [0.5, 0.6) is 0 Å². The molecule has 0 aliphatic heterocycles. The summed E-state index contributed by atoms with van der Waals surface area (Å²) in [6.07, 6.45) is 53.2. The lowest BCUT2D eigenvalue weighted by molar-refractivity contribution is -0.870. The van der Waals surface area contributed by atoms with Crippen LogP contribution in [0.2, 0.25) is 0 Å². The number of nitrogens with one attached hydrogen (secondary N) is 1. The van der Waals surface area contributed by atoms with E-state index in [1.54, 1.807) is 6.08 Å².